The molecular formula is C13H18O3. The molecule has 88 valence electrons. The molecule has 0 spiro atoms. The maximum Gasteiger partial charge on any atom is 0.309 e. The second-order valence-electron chi connectivity index (χ2n) is 5.61. The zero-order valence-corrected chi connectivity index (χ0v) is 9.65. The molecule has 0 bridgehead atoms. The van der Waals surface area contributed by atoms with Crippen molar-refractivity contribution in [3.63, 3.8) is 0 Å². The van der Waals surface area contributed by atoms with Crippen LogP contribution in [0.5, 0.6) is 0 Å². The summed E-state index contributed by atoms with van der Waals surface area (Å²) in [6.07, 6.45) is 3.57. The molecule has 0 aromatic heterocycles. The number of carbonyl (C=O) groups excluding carboxylic acids is 2. The fourth-order valence-corrected chi connectivity index (χ4v) is 4.20. The number of esters is 1. The van der Waals surface area contributed by atoms with Crippen LogP contribution >= 0.6 is 0 Å². The Kier molecular flexibility index (Phi) is 2.30. The van der Waals surface area contributed by atoms with Crippen LogP contribution in [0.15, 0.2) is 0 Å². The molecule has 3 aliphatic rings. The number of ketones is 1. The fourth-order valence-electron chi connectivity index (χ4n) is 4.20. The van der Waals surface area contributed by atoms with E-state index in [4.69, 9.17) is 4.74 Å². The Bertz CT molecular complexity index is 336. The van der Waals surface area contributed by atoms with E-state index in [0.29, 0.717) is 30.1 Å². The third-order valence-corrected chi connectivity index (χ3v) is 4.95. The third-order valence-electron chi connectivity index (χ3n) is 4.95. The Morgan fingerprint density at radius 2 is 2.06 bits per heavy atom. The van der Waals surface area contributed by atoms with Crippen LogP contribution in [0.3, 0.4) is 0 Å². The first kappa shape index (κ1) is 10.3. The van der Waals surface area contributed by atoms with Crippen molar-refractivity contribution in [1.82, 2.24) is 0 Å². The first-order chi connectivity index (χ1) is 7.68. The normalized spacial score (nSPS) is 47.2. The largest absolute Gasteiger partial charge is 0.465 e. The number of carbonyl (C=O) groups is 2. The minimum absolute atomic E-state index is 0.0131. The summed E-state index contributed by atoms with van der Waals surface area (Å²) in [5, 5.41) is 0. The Labute approximate surface area is 95.5 Å². The Morgan fingerprint density at radius 3 is 2.88 bits per heavy atom. The van der Waals surface area contributed by atoms with Crippen molar-refractivity contribution in [2.24, 2.45) is 29.6 Å². The van der Waals surface area contributed by atoms with Gasteiger partial charge in [0.05, 0.1) is 12.5 Å². The number of Topliss-reactive ketones (excluding diaryl/α,β-unsaturated/α-hetero) is 1. The van der Waals surface area contributed by atoms with Gasteiger partial charge in [-0.1, -0.05) is 6.92 Å². The molecule has 5 unspecified atom stereocenters. The highest BCUT2D eigenvalue weighted by Gasteiger charge is 2.51. The molecule has 1 aliphatic heterocycles. The molecular weight excluding hydrogens is 204 g/mol. The molecule has 0 N–H and O–H groups in total. The molecule has 1 saturated heterocycles. The van der Waals surface area contributed by atoms with Gasteiger partial charge in [0, 0.05) is 12.3 Å². The van der Waals surface area contributed by atoms with Crippen LogP contribution in [-0.4, -0.2) is 18.4 Å². The van der Waals surface area contributed by atoms with Crippen LogP contribution in [0, 0.1) is 29.6 Å². The van der Waals surface area contributed by atoms with E-state index < -0.39 is 0 Å². The molecule has 3 nitrogen and oxygen atoms in total. The molecule has 0 amide bonds. The topological polar surface area (TPSA) is 43.4 Å². The van der Waals surface area contributed by atoms with Gasteiger partial charge in [0.1, 0.15) is 5.78 Å². The summed E-state index contributed by atoms with van der Waals surface area (Å²) >= 11 is 0. The van der Waals surface area contributed by atoms with Crippen LogP contribution in [0.4, 0.5) is 0 Å². The summed E-state index contributed by atoms with van der Waals surface area (Å²) in [5.41, 5.74) is 0. The standard InChI is InChI=1S/C13H18O3/c1-7-9-4-5-16-13(15)10(9)6-8-2-3-11(14)12(7)8/h7-10,12H,2-6H2,1H3. The molecule has 0 radical (unpaired) electrons. The predicted octanol–water partition coefficient (Wildman–Crippen LogP) is 1.80. The lowest BCUT2D eigenvalue weighted by Crippen LogP contribution is -2.45. The number of hydrogen-bond donors (Lipinski definition) is 0. The first-order valence-corrected chi connectivity index (χ1v) is 6.38. The lowest BCUT2D eigenvalue weighted by Gasteiger charge is -2.44. The van der Waals surface area contributed by atoms with Crippen LogP contribution in [0.25, 0.3) is 0 Å². The molecule has 0 aromatic rings. The number of fused-ring (bicyclic) bond motifs is 2. The minimum Gasteiger partial charge on any atom is -0.465 e. The van der Waals surface area contributed by atoms with Crippen molar-refractivity contribution in [2.45, 2.75) is 32.6 Å². The lowest BCUT2D eigenvalue weighted by atomic mass is 9.62. The Morgan fingerprint density at radius 1 is 1.25 bits per heavy atom. The molecule has 0 aromatic carbocycles. The third kappa shape index (κ3) is 1.33. The fraction of sp³-hybridized carbons (Fsp3) is 0.846. The van der Waals surface area contributed by atoms with Crippen molar-refractivity contribution in [3.8, 4) is 0 Å². The summed E-state index contributed by atoms with van der Waals surface area (Å²) in [5.74, 6) is 1.98. The van der Waals surface area contributed by atoms with Crippen LogP contribution < -0.4 is 0 Å². The highest BCUT2D eigenvalue weighted by atomic mass is 16.5. The van der Waals surface area contributed by atoms with Gasteiger partial charge in [0.15, 0.2) is 0 Å². The number of rotatable bonds is 0. The molecule has 3 fully saturated rings. The average molecular weight is 222 g/mol. The van der Waals surface area contributed by atoms with E-state index >= 15 is 0 Å². The average Bonchev–Trinajstić information content (AvgIpc) is 2.63. The molecule has 2 aliphatic carbocycles. The van der Waals surface area contributed by atoms with E-state index in [2.05, 4.69) is 6.92 Å². The van der Waals surface area contributed by atoms with Gasteiger partial charge in [-0.15, -0.1) is 0 Å². The molecule has 1 heterocycles. The summed E-state index contributed by atoms with van der Waals surface area (Å²) < 4.78 is 5.15. The second-order valence-corrected chi connectivity index (χ2v) is 5.61. The van der Waals surface area contributed by atoms with E-state index in [1.807, 2.05) is 0 Å². The number of hydrogen-bond acceptors (Lipinski definition) is 3. The van der Waals surface area contributed by atoms with Gasteiger partial charge < -0.3 is 4.74 Å². The van der Waals surface area contributed by atoms with Gasteiger partial charge >= 0.3 is 5.97 Å². The zero-order chi connectivity index (χ0) is 11.3. The summed E-state index contributed by atoms with van der Waals surface area (Å²) in [7, 11) is 0. The second kappa shape index (κ2) is 3.57. The molecule has 2 saturated carbocycles. The SMILES string of the molecule is CC1C2CCOC(=O)C2CC2CCC(=O)C21. The van der Waals surface area contributed by atoms with Crippen molar-refractivity contribution >= 4 is 11.8 Å². The van der Waals surface area contributed by atoms with Crippen molar-refractivity contribution in [3.05, 3.63) is 0 Å². The van der Waals surface area contributed by atoms with E-state index in [9.17, 15) is 9.59 Å². The monoisotopic (exact) mass is 222 g/mol. The van der Waals surface area contributed by atoms with Gasteiger partial charge in [0.25, 0.3) is 0 Å². The zero-order valence-electron chi connectivity index (χ0n) is 9.65. The van der Waals surface area contributed by atoms with E-state index in [0.717, 1.165) is 25.7 Å². The quantitative estimate of drug-likeness (QED) is 0.587. The Hall–Kier alpha value is -0.860. The predicted molar refractivity (Wildman–Crippen MR) is 57.6 cm³/mol. The van der Waals surface area contributed by atoms with Crippen LogP contribution in [0.2, 0.25) is 0 Å². The Balaban J connectivity index is 1.88. The molecule has 3 rings (SSSR count). The maximum absolute atomic E-state index is 11.9. The number of ether oxygens (including phenoxy) is 1. The smallest absolute Gasteiger partial charge is 0.309 e. The minimum atomic E-state index is -0.0131. The highest BCUT2D eigenvalue weighted by Crippen LogP contribution is 2.50. The van der Waals surface area contributed by atoms with Crippen molar-refractivity contribution in [2.75, 3.05) is 6.61 Å². The van der Waals surface area contributed by atoms with E-state index in [1.165, 1.54) is 0 Å². The lowest BCUT2D eigenvalue weighted by molar-refractivity contribution is -0.164. The van der Waals surface area contributed by atoms with Gasteiger partial charge in [-0.25, -0.2) is 0 Å². The summed E-state index contributed by atoms with van der Waals surface area (Å²) in [6, 6.07) is 0. The van der Waals surface area contributed by atoms with Gasteiger partial charge in [-0.3, -0.25) is 9.59 Å². The highest BCUT2D eigenvalue weighted by molar-refractivity contribution is 5.84. The van der Waals surface area contributed by atoms with Crippen molar-refractivity contribution < 1.29 is 14.3 Å². The maximum atomic E-state index is 11.9. The van der Waals surface area contributed by atoms with Gasteiger partial charge in [0.2, 0.25) is 0 Å². The van der Waals surface area contributed by atoms with Gasteiger partial charge in [-0.05, 0) is 37.0 Å². The number of cyclic esters (lactones) is 1. The van der Waals surface area contributed by atoms with Crippen LogP contribution in [0.1, 0.15) is 32.6 Å². The summed E-state index contributed by atoms with van der Waals surface area (Å²) in [6.45, 7) is 2.71. The molecule has 5 atom stereocenters. The summed E-state index contributed by atoms with van der Waals surface area (Å²) in [4.78, 5) is 23.6. The van der Waals surface area contributed by atoms with E-state index in [-0.39, 0.29) is 17.8 Å². The molecule has 3 heteroatoms. The first-order valence-electron chi connectivity index (χ1n) is 6.38. The molecule has 16 heavy (non-hydrogen) atoms. The van der Waals surface area contributed by atoms with Gasteiger partial charge in [-0.2, -0.15) is 0 Å². The van der Waals surface area contributed by atoms with Crippen molar-refractivity contribution in [1.29, 1.82) is 0 Å². The van der Waals surface area contributed by atoms with Crippen LogP contribution in [-0.2, 0) is 14.3 Å². The van der Waals surface area contributed by atoms with E-state index in [1.54, 1.807) is 0 Å².